The molecule has 2 unspecified atom stereocenters. The van der Waals surface area contributed by atoms with Crippen LogP contribution in [0, 0.1) is 12.3 Å². The third-order valence-corrected chi connectivity index (χ3v) is 5.16. The minimum absolute atomic E-state index is 0.0289. The maximum absolute atomic E-state index is 10.7. The molecule has 3 rings (SSSR count). The molecular formula is C16H26N2O. The van der Waals surface area contributed by atoms with E-state index in [-0.39, 0.29) is 17.6 Å². The van der Waals surface area contributed by atoms with Gasteiger partial charge < -0.3 is 9.67 Å². The molecule has 19 heavy (non-hydrogen) atoms. The first-order valence-electron chi connectivity index (χ1n) is 7.75. The van der Waals surface area contributed by atoms with Crippen LogP contribution in [-0.4, -0.2) is 20.8 Å². The SMILES string of the molecule is Cc1nc2c(n1C1CCCC(C)(C)C1O)CCCC2. The molecule has 1 fully saturated rings. The minimum atomic E-state index is -0.250. The van der Waals surface area contributed by atoms with Crippen LogP contribution in [0.2, 0.25) is 0 Å². The zero-order valence-corrected chi connectivity index (χ0v) is 12.4. The van der Waals surface area contributed by atoms with E-state index in [9.17, 15) is 5.11 Å². The van der Waals surface area contributed by atoms with Crippen LogP contribution in [0.1, 0.15) is 69.2 Å². The van der Waals surface area contributed by atoms with Gasteiger partial charge in [-0.3, -0.25) is 0 Å². The van der Waals surface area contributed by atoms with E-state index in [4.69, 9.17) is 4.98 Å². The van der Waals surface area contributed by atoms with Crippen molar-refractivity contribution in [3.05, 3.63) is 17.2 Å². The molecule has 1 saturated carbocycles. The van der Waals surface area contributed by atoms with Crippen LogP contribution in [0.5, 0.6) is 0 Å². The molecule has 0 spiro atoms. The Bertz CT molecular complexity index is 475. The summed E-state index contributed by atoms with van der Waals surface area (Å²) in [6.07, 6.45) is 7.97. The molecule has 0 radical (unpaired) electrons. The van der Waals surface area contributed by atoms with Gasteiger partial charge in [0.15, 0.2) is 0 Å². The molecule has 0 amide bonds. The molecule has 2 atom stereocenters. The Hall–Kier alpha value is -0.830. The van der Waals surface area contributed by atoms with Crippen molar-refractivity contribution in [1.82, 2.24) is 9.55 Å². The van der Waals surface area contributed by atoms with Crippen LogP contribution in [0.25, 0.3) is 0 Å². The molecule has 1 N–H and O–H groups in total. The van der Waals surface area contributed by atoms with Crippen molar-refractivity contribution in [3.8, 4) is 0 Å². The largest absolute Gasteiger partial charge is 0.390 e. The quantitative estimate of drug-likeness (QED) is 0.844. The zero-order chi connectivity index (χ0) is 13.6. The van der Waals surface area contributed by atoms with Crippen molar-refractivity contribution in [3.63, 3.8) is 0 Å². The average molecular weight is 262 g/mol. The summed E-state index contributed by atoms with van der Waals surface area (Å²) < 4.78 is 2.38. The molecule has 1 aromatic rings. The topological polar surface area (TPSA) is 38.0 Å². The lowest BCUT2D eigenvalue weighted by Crippen LogP contribution is -2.41. The first kappa shape index (κ1) is 13.2. The lowest BCUT2D eigenvalue weighted by Gasteiger charge is -2.42. The molecule has 106 valence electrons. The molecule has 1 aromatic heterocycles. The fourth-order valence-electron chi connectivity index (χ4n) is 4.00. The predicted molar refractivity (Wildman–Crippen MR) is 76.3 cm³/mol. The van der Waals surface area contributed by atoms with Gasteiger partial charge in [0, 0.05) is 5.69 Å². The number of rotatable bonds is 1. The Morgan fingerprint density at radius 1 is 1.21 bits per heavy atom. The summed E-state index contributed by atoms with van der Waals surface area (Å²) in [6.45, 7) is 6.50. The first-order valence-corrected chi connectivity index (χ1v) is 7.75. The Labute approximate surface area is 116 Å². The summed E-state index contributed by atoms with van der Waals surface area (Å²) in [6, 6.07) is 0.234. The Morgan fingerprint density at radius 2 is 1.95 bits per heavy atom. The molecule has 3 nitrogen and oxygen atoms in total. The van der Waals surface area contributed by atoms with Gasteiger partial charge in [0.05, 0.1) is 17.8 Å². The monoisotopic (exact) mass is 262 g/mol. The van der Waals surface area contributed by atoms with Gasteiger partial charge in [-0.25, -0.2) is 4.98 Å². The van der Waals surface area contributed by atoms with E-state index in [1.54, 1.807) is 0 Å². The van der Waals surface area contributed by atoms with Crippen LogP contribution in [0.15, 0.2) is 0 Å². The van der Waals surface area contributed by atoms with Gasteiger partial charge in [-0.15, -0.1) is 0 Å². The molecule has 0 aromatic carbocycles. The molecule has 0 aliphatic heterocycles. The summed E-state index contributed by atoms with van der Waals surface area (Å²) in [5, 5.41) is 10.7. The lowest BCUT2D eigenvalue weighted by atomic mass is 9.72. The van der Waals surface area contributed by atoms with Crippen molar-refractivity contribution in [2.24, 2.45) is 5.41 Å². The number of nitrogens with zero attached hydrogens (tertiary/aromatic N) is 2. The van der Waals surface area contributed by atoms with Crippen LogP contribution >= 0.6 is 0 Å². The second kappa shape index (κ2) is 4.62. The predicted octanol–water partition coefficient (Wildman–Crippen LogP) is 3.18. The smallest absolute Gasteiger partial charge is 0.106 e. The molecular weight excluding hydrogens is 236 g/mol. The summed E-state index contributed by atoms with van der Waals surface area (Å²) >= 11 is 0. The van der Waals surface area contributed by atoms with Gasteiger partial charge in [-0.2, -0.15) is 0 Å². The highest BCUT2D eigenvalue weighted by atomic mass is 16.3. The zero-order valence-electron chi connectivity index (χ0n) is 12.4. The van der Waals surface area contributed by atoms with Crippen LogP contribution in [0.4, 0.5) is 0 Å². The van der Waals surface area contributed by atoms with Gasteiger partial charge in [0.1, 0.15) is 5.82 Å². The van der Waals surface area contributed by atoms with Gasteiger partial charge in [0.2, 0.25) is 0 Å². The maximum atomic E-state index is 10.7. The summed E-state index contributed by atoms with van der Waals surface area (Å²) in [5.74, 6) is 1.11. The number of aliphatic hydroxyl groups excluding tert-OH is 1. The van der Waals surface area contributed by atoms with Crippen molar-refractivity contribution < 1.29 is 5.11 Å². The van der Waals surface area contributed by atoms with Crippen molar-refractivity contribution in [1.29, 1.82) is 0 Å². The highest BCUT2D eigenvalue weighted by Crippen LogP contribution is 2.43. The van der Waals surface area contributed by atoms with E-state index in [1.807, 2.05) is 0 Å². The van der Waals surface area contributed by atoms with E-state index in [1.165, 1.54) is 30.7 Å². The number of hydrogen-bond acceptors (Lipinski definition) is 2. The second-order valence-corrected chi connectivity index (χ2v) is 7.02. The van der Waals surface area contributed by atoms with Crippen LogP contribution in [-0.2, 0) is 12.8 Å². The molecule has 0 bridgehead atoms. The number of hydrogen-bond donors (Lipinski definition) is 1. The fraction of sp³-hybridized carbons (Fsp3) is 0.812. The molecule has 2 aliphatic rings. The Morgan fingerprint density at radius 3 is 2.74 bits per heavy atom. The van der Waals surface area contributed by atoms with Crippen LogP contribution in [0.3, 0.4) is 0 Å². The van der Waals surface area contributed by atoms with Gasteiger partial charge >= 0.3 is 0 Å². The van der Waals surface area contributed by atoms with Gasteiger partial charge in [-0.1, -0.05) is 20.3 Å². The van der Waals surface area contributed by atoms with E-state index < -0.39 is 0 Å². The number of fused-ring (bicyclic) bond motifs is 1. The van der Waals surface area contributed by atoms with Crippen molar-refractivity contribution >= 4 is 0 Å². The van der Waals surface area contributed by atoms with E-state index in [0.717, 1.165) is 31.5 Å². The highest BCUT2D eigenvalue weighted by Gasteiger charge is 2.40. The van der Waals surface area contributed by atoms with Crippen LogP contribution < -0.4 is 0 Å². The standard InChI is InChI=1S/C16H26N2O/c1-11-17-12-7-4-5-8-13(12)18(11)14-9-6-10-16(2,3)15(14)19/h14-15,19H,4-10H2,1-3H3. The fourth-order valence-corrected chi connectivity index (χ4v) is 4.00. The van der Waals surface area contributed by atoms with E-state index in [2.05, 4.69) is 25.3 Å². The Balaban J connectivity index is 2.00. The Kier molecular flexibility index (Phi) is 3.20. The van der Waals surface area contributed by atoms with E-state index >= 15 is 0 Å². The normalized spacial score (nSPS) is 30.1. The van der Waals surface area contributed by atoms with Gasteiger partial charge in [-0.05, 0) is 50.9 Å². The number of aliphatic hydroxyl groups is 1. The summed E-state index contributed by atoms with van der Waals surface area (Å²) in [4.78, 5) is 4.76. The molecule has 1 heterocycles. The summed E-state index contributed by atoms with van der Waals surface area (Å²) in [7, 11) is 0. The molecule has 2 aliphatic carbocycles. The third-order valence-electron chi connectivity index (χ3n) is 5.16. The molecule has 0 saturated heterocycles. The third kappa shape index (κ3) is 2.12. The highest BCUT2D eigenvalue weighted by molar-refractivity contribution is 5.21. The lowest BCUT2D eigenvalue weighted by molar-refractivity contribution is -0.0276. The van der Waals surface area contributed by atoms with Crippen molar-refractivity contribution in [2.45, 2.75) is 77.9 Å². The van der Waals surface area contributed by atoms with E-state index in [0.29, 0.717) is 0 Å². The maximum Gasteiger partial charge on any atom is 0.106 e. The number of imidazole rings is 1. The average Bonchev–Trinajstić information content (AvgIpc) is 2.69. The van der Waals surface area contributed by atoms with Crippen molar-refractivity contribution in [2.75, 3.05) is 0 Å². The first-order chi connectivity index (χ1) is 9.00. The number of aromatic nitrogens is 2. The van der Waals surface area contributed by atoms with Gasteiger partial charge in [0.25, 0.3) is 0 Å². The minimum Gasteiger partial charge on any atom is -0.390 e. The summed E-state index contributed by atoms with van der Waals surface area (Å²) in [5.41, 5.74) is 2.73. The molecule has 3 heteroatoms. The number of aryl methyl sites for hydroxylation is 2. The second-order valence-electron chi connectivity index (χ2n) is 7.02.